The van der Waals surface area contributed by atoms with Crippen LogP contribution in [0.5, 0.6) is 11.5 Å². The van der Waals surface area contributed by atoms with E-state index in [1.54, 1.807) is 43.3 Å². The lowest BCUT2D eigenvalue weighted by Crippen LogP contribution is -2.12. The Morgan fingerprint density at radius 3 is 2.45 bits per heavy atom. The smallest absolute Gasteiger partial charge is 0.294 e. The summed E-state index contributed by atoms with van der Waals surface area (Å²) in [5.74, 6) is -0.596. The Morgan fingerprint density at radius 2 is 1.79 bits per heavy atom. The first-order valence-electron chi connectivity index (χ1n) is 11.1. The third-order valence-electron chi connectivity index (χ3n) is 5.70. The molecule has 0 heterocycles. The number of nitrogens with zero attached hydrogens (tertiary/aromatic N) is 2. The minimum absolute atomic E-state index is 0.0161. The van der Waals surface area contributed by atoms with E-state index in [1.807, 2.05) is 0 Å². The number of azo groups is 1. The Balaban J connectivity index is 1.82. The molecule has 0 bridgehead atoms. The maximum absolute atomic E-state index is 13.2. The number of nitrogens with one attached hydrogen (secondary N) is 1. The number of anilines is 1. The first-order chi connectivity index (χ1) is 18.0. The molecule has 1 amide bonds. The molecule has 4 aromatic rings. The lowest BCUT2D eigenvalue weighted by Gasteiger charge is -2.13. The van der Waals surface area contributed by atoms with Gasteiger partial charge in [0.15, 0.2) is 5.75 Å². The monoisotopic (exact) mass is 573 g/mol. The fourth-order valence-corrected chi connectivity index (χ4v) is 5.21. The second kappa shape index (κ2) is 11.0. The van der Waals surface area contributed by atoms with Crippen molar-refractivity contribution in [2.24, 2.45) is 10.2 Å². The van der Waals surface area contributed by atoms with Gasteiger partial charge in [-0.1, -0.05) is 54.4 Å². The summed E-state index contributed by atoms with van der Waals surface area (Å²) >= 11 is 12.3. The summed E-state index contributed by atoms with van der Waals surface area (Å²) in [6, 6.07) is 15.6. The van der Waals surface area contributed by atoms with Gasteiger partial charge in [0.2, 0.25) is 0 Å². The van der Waals surface area contributed by atoms with Gasteiger partial charge in [-0.15, -0.1) is 5.11 Å². The Bertz CT molecular complexity index is 1710. The van der Waals surface area contributed by atoms with Crippen LogP contribution in [0.4, 0.5) is 17.1 Å². The number of fused-ring (bicyclic) bond motifs is 1. The lowest BCUT2D eigenvalue weighted by atomic mass is 10.0. The van der Waals surface area contributed by atoms with Crippen LogP contribution < -0.4 is 10.1 Å². The summed E-state index contributed by atoms with van der Waals surface area (Å²) in [6.45, 7) is 1.68. The molecule has 0 radical (unpaired) electrons. The Morgan fingerprint density at radius 1 is 1.05 bits per heavy atom. The highest BCUT2D eigenvalue weighted by atomic mass is 35.5. The van der Waals surface area contributed by atoms with Gasteiger partial charge in [0, 0.05) is 22.0 Å². The molecular weight excluding hydrogens is 553 g/mol. The molecule has 0 saturated heterocycles. The fourth-order valence-electron chi connectivity index (χ4n) is 3.88. The molecule has 4 aromatic carbocycles. The molecule has 12 heteroatoms. The summed E-state index contributed by atoms with van der Waals surface area (Å²) in [6.07, 6.45) is 0.193. The Kier molecular flexibility index (Phi) is 7.89. The molecule has 0 saturated carbocycles. The van der Waals surface area contributed by atoms with Crippen LogP contribution in [0.15, 0.2) is 75.8 Å². The molecule has 3 N–H and O–H groups in total. The first kappa shape index (κ1) is 27.3. The number of methoxy groups -OCH3 is 1. The van der Waals surface area contributed by atoms with Gasteiger partial charge >= 0.3 is 0 Å². The number of halogens is 2. The van der Waals surface area contributed by atoms with E-state index in [-0.39, 0.29) is 43.9 Å². The van der Waals surface area contributed by atoms with Crippen LogP contribution in [0.2, 0.25) is 10.0 Å². The second-order valence-electron chi connectivity index (χ2n) is 8.07. The van der Waals surface area contributed by atoms with Crippen molar-refractivity contribution in [1.82, 2.24) is 0 Å². The van der Waals surface area contributed by atoms with Crippen LogP contribution >= 0.6 is 23.2 Å². The van der Waals surface area contributed by atoms with Crippen molar-refractivity contribution in [3.05, 3.63) is 81.8 Å². The normalized spacial score (nSPS) is 11.7. The summed E-state index contributed by atoms with van der Waals surface area (Å²) in [7, 11) is -3.09. The number of carbonyl (C=O) groups is 1. The number of hydrogen-bond acceptors (Lipinski definition) is 7. The summed E-state index contributed by atoms with van der Waals surface area (Å²) in [5.41, 5.74) is 0.454. The topological polar surface area (TPSA) is 138 Å². The van der Waals surface area contributed by atoms with Gasteiger partial charge in [0.05, 0.1) is 29.1 Å². The van der Waals surface area contributed by atoms with Crippen molar-refractivity contribution in [2.75, 3.05) is 12.4 Å². The van der Waals surface area contributed by atoms with Crippen LogP contribution in [0.25, 0.3) is 10.8 Å². The summed E-state index contributed by atoms with van der Waals surface area (Å²) < 4.78 is 38.5. The molecule has 0 aromatic heterocycles. The van der Waals surface area contributed by atoms with Gasteiger partial charge in [-0.2, -0.15) is 13.5 Å². The number of rotatable bonds is 7. The first-order valence-corrected chi connectivity index (χ1v) is 13.3. The second-order valence-corrected chi connectivity index (χ2v) is 10.3. The minimum atomic E-state index is -4.58. The van der Waals surface area contributed by atoms with Crippen LogP contribution in [0, 0.1) is 0 Å². The van der Waals surface area contributed by atoms with Gasteiger partial charge < -0.3 is 15.2 Å². The molecule has 9 nitrogen and oxygen atoms in total. The predicted octanol–water partition coefficient (Wildman–Crippen LogP) is 7.34. The van der Waals surface area contributed by atoms with Crippen molar-refractivity contribution in [2.45, 2.75) is 18.2 Å². The SMILES string of the molecule is CCc1c(N=Nc2c(O)c(C(=O)Nc3ccc(OC)cc3Cl)cc3ccccc23)cc(Cl)cc1S(=O)(=O)O. The lowest BCUT2D eigenvalue weighted by molar-refractivity contribution is 0.102. The Labute approximate surface area is 228 Å². The highest BCUT2D eigenvalue weighted by Crippen LogP contribution is 2.41. The van der Waals surface area contributed by atoms with Gasteiger partial charge in [-0.3, -0.25) is 9.35 Å². The average Bonchev–Trinajstić information content (AvgIpc) is 2.88. The third-order valence-corrected chi connectivity index (χ3v) is 7.15. The zero-order valence-corrected chi connectivity index (χ0v) is 22.4. The number of phenols is 1. The van der Waals surface area contributed by atoms with Crippen molar-refractivity contribution >= 4 is 67.1 Å². The van der Waals surface area contributed by atoms with Gasteiger partial charge in [0.1, 0.15) is 16.3 Å². The maximum Gasteiger partial charge on any atom is 0.294 e. The minimum Gasteiger partial charge on any atom is -0.505 e. The molecule has 0 aliphatic rings. The van der Waals surface area contributed by atoms with E-state index in [4.69, 9.17) is 27.9 Å². The highest BCUT2D eigenvalue weighted by Gasteiger charge is 2.21. The third kappa shape index (κ3) is 5.58. The van der Waals surface area contributed by atoms with E-state index in [9.17, 15) is 22.9 Å². The van der Waals surface area contributed by atoms with Crippen molar-refractivity contribution < 1.29 is 27.6 Å². The number of carbonyl (C=O) groups excluding carboxylic acids is 1. The van der Waals surface area contributed by atoms with E-state index in [0.29, 0.717) is 22.2 Å². The van der Waals surface area contributed by atoms with Crippen molar-refractivity contribution in [1.29, 1.82) is 0 Å². The molecule has 0 aliphatic carbocycles. The molecule has 4 rings (SSSR count). The molecule has 0 unspecified atom stereocenters. The predicted molar refractivity (Wildman–Crippen MR) is 146 cm³/mol. The zero-order chi connectivity index (χ0) is 27.6. The van der Waals surface area contributed by atoms with E-state index >= 15 is 0 Å². The van der Waals surface area contributed by atoms with E-state index < -0.39 is 21.8 Å². The Hall–Kier alpha value is -3.70. The van der Waals surface area contributed by atoms with Crippen LogP contribution in [0.3, 0.4) is 0 Å². The molecule has 0 aliphatic heterocycles. The molecule has 0 atom stereocenters. The van der Waals surface area contributed by atoms with Gasteiger partial charge in [0.25, 0.3) is 16.0 Å². The summed E-state index contributed by atoms with van der Waals surface area (Å²) in [5, 5.41) is 23.4. The summed E-state index contributed by atoms with van der Waals surface area (Å²) in [4.78, 5) is 12.8. The number of ether oxygens (including phenoxy) is 1. The van der Waals surface area contributed by atoms with Crippen LogP contribution in [0.1, 0.15) is 22.8 Å². The number of amides is 1. The average molecular weight is 574 g/mol. The van der Waals surface area contributed by atoms with Gasteiger partial charge in [-0.25, -0.2) is 0 Å². The maximum atomic E-state index is 13.2. The number of aromatic hydroxyl groups is 1. The molecule has 196 valence electrons. The zero-order valence-electron chi connectivity index (χ0n) is 20.1. The van der Waals surface area contributed by atoms with E-state index in [0.717, 1.165) is 6.07 Å². The quantitative estimate of drug-likeness (QED) is 0.156. The largest absolute Gasteiger partial charge is 0.505 e. The molecule has 0 spiro atoms. The molecule has 0 fully saturated rings. The van der Waals surface area contributed by atoms with Crippen LogP contribution in [-0.4, -0.2) is 31.1 Å². The van der Waals surface area contributed by atoms with E-state index in [2.05, 4.69) is 15.5 Å². The molecule has 38 heavy (non-hydrogen) atoms. The number of hydrogen-bond donors (Lipinski definition) is 3. The standard InChI is InChI=1S/C26H21Cl2N3O6S/c1-3-17-22(11-15(27)12-23(17)38(34,35)36)30-31-24-18-7-5-4-6-14(18)10-19(25(24)32)26(33)29-21-9-8-16(37-2)13-20(21)28/h4-13,32H,3H2,1-2H3,(H,29,33)(H,34,35,36). The van der Waals surface area contributed by atoms with Gasteiger partial charge in [-0.05, 0) is 42.1 Å². The van der Waals surface area contributed by atoms with Crippen molar-refractivity contribution in [3.63, 3.8) is 0 Å². The van der Waals surface area contributed by atoms with Crippen LogP contribution in [-0.2, 0) is 16.5 Å². The highest BCUT2D eigenvalue weighted by molar-refractivity contribution is 7.85. The fraction of sp³-hybridized carbons (Fsp3) is 0.115. The van der Waals surface area contributed by atoms with Crippen molar-refractivity contribution in [3.8, 4) is 11.5 Å². The number of phenolic OH excluding ortho intramolecular Hbond substituents is 1. The number of benzene rings is 4. The molecular formula is C26H21Cl2N3O6S. The van der Waals surface area contributed by atoms with E-state index in [1.165, 1.54) is 25.3 Å².